The van der Waals surface area contributed by atoms with E-state index in [1.165, 1.54) is 38.1 Å². The van der Waals surface area contributed by atoms with Crippen molar-refractivity contribution >= 4 is 35.0 Å². The van der Waals surface area contributed by atoms with Crippen LogP contribution in [-0.2, 0) is 28.7 Å². The van der Waals surface area contributed by atoms with Crippen molar-refractivity contribution in [2.75, 3.05) is 0 Å². The molecular weight excluding hydrogens is 656 g/mol. The molecule has 14 nitrogen and oxygen atoms in total. The van der Waals surface area contributed by atoms with E-state index in [1.54, 1.807) is 27.7 Å². The van der Waals surface area contributed by atoms with E-state index in [-0.39, 0.29) is 35.5 Å². The van der Waals surface area contributed by atoms with Crippen LogP contribution in [0.1, 0.15) is 65.5 Å². The Hall–Kier alpha value is -5.08. The van der Waals surface area contributed by atoms with Crippen LogP contribution in [-0.4, -0.2) is 89.8 Å². The largest absolute Gasteiger partial charge is 0.506 e. The number of ether oxygens (including phenoxy) is 4. The number of aliphatic hydroxyl groups is 4. The van der Waals surface area contributed by atoms with Gasteiger partial charge in [-0.1, -0.05) is 13.8 Å². The van der Waals surface area contributed by atoms with Crippen molar-refractivity contribution in [1.29, 1.82) is 0 Å². The number of phenols is 2. The molecule has 0 radical (unpaired) electrons. The zero-order valence-corrected chi connectivity index (χ0v) is 28.1. The number of hydrogen-bond acceptors (Lipinski definition) is 14. The summed E-state index contributed by atoms with van der Waals surface area (Å²) in [6.45, 7) is 9.30. The number of fused-ring (bicyclic) bond motifs is 4. The van der Waals surface area contributed by atoms with Gasteiger partial charge in [-0.2, -0.15) is 0 Å². The van der Waals surface area contributed by atoms with Crippen LogP contribution in [0.5, 0.6) is 23.0 Å². The Labute approximate surface area is 286 Å². The Morgan fingerprint density at radius 2 is 1.02 bits per heavy atom. The summed E-state index contributed by atoms with van der Waals surface area (Å²) < 4.78 is 22.7. The van der Waals surface area contributed by atoms with Crippen LogP contribution in [0.15, 0.2) is 35.4 Å². The zero-order chi connectivity index (χ0) is 36.8. The second kappa shape index (κ2) is 11.8. The first-order valence-corrected chi connectivity index (χ1v) is 16.2. The molecule has 2 aromatic rings. The molecule has 0 bridgehead atoms. The minimum absolute atomic E-state index is 0.160. The highest BCUT2D eigenvalue weighted by atomic mass is 16.6. The van der Waals surface area contributed by atoms with E-state index < -0.39 is 116 Å². The summed E-state index contributed by atoms with van der Waals surface area (Å²) in [4.78, 5) is 53.7. The molecule has 14 heteroatoms. The number of Topliss-reactive ketones (excluding diaryl/α,β-unsaturated/α-hetero) is 2. The molecule has 2 heterocycles. The van der Waals surface area contributed by atoms with Gasteiger partial charge in [0.15, 0.2) is 11.6 Å². The maximum Gasteiger partial charge on any atom is 0.358 e. The maximum absolute atomic E-state index is 13.5. The molecule has 4 aliphatic rings. The molecule has 0 saturated heterocycles. The predicted octanol–water partition coefficient (Wildman–Crippen LogP) is 3.41. The fraction of sp³-hybridized carbons (Fsp3) is 0.444. The lowest BCUT2D eigenvalue weighted by atomic mass is 9.69. The first-order chi connectivity index (χ1) is 23.4. The standard InChI is InChI=1S/C36H38O14/c1-13(2)47-33(45)35-25(19(37)11-15(5)31(35)43)29(41)23-21(49-35)9-7-17(27(23)39)18-8-10-22-24(28(18)40)30(42)26-20(38)12-16(6)32(44)36(26,50-22)34(46)48-14(3)4/h7-10,13-16,31-32,39-44H,11-12H2,1-6H3. The number of carbonyl (C=O) groups is 4. The molecule has 2 aliphatic carbocycles. The number of phenolic OH excluding ortho intramolecular Hbond substituents is 2. The quantitative estimate of drug-likeness (QED) is 0.247. The minimum atomic E-state index is -2.44. The van der Waals surface area contributed by atoms with Gasteiger partial charge in [0.25, 0.3) is 11.2 Å². The Bertz CT molecular complexity index is 1780. The van der Waals surface area contributed by atoms with E-state index in [0.29, 0.717) is 0 Å². The SMILES string of the molecule is CC(C)OC(=O)C12Oc3ccc(-c4ccc5c(c4O)C(O)=C4C(=O)CC(C)C(O)C4(C(=O)OC(C)C)O5)c(O)c3C(O)=C1C(=O)CC(C)C2O. The Morgan fingerprint density at radius 1 is 0.680 bits per heavy atom. The molecule has 0 aromatic heterocycles. The number of hydrogen-bond donors (Lipinski definition) is 6. The van der Waals surface area contributed by atoms with Crippen LogP contribution in [0, 0.1) is 11.8 Å². The fourth-order valence-electron chi connectivity index (χ4n) is 7.30. The number of aromatic hydroxyl groups is 2. The van der Waals surface area contributed by atoms with Crippen LogP contribution >= 0.6 is 0 Å². The number of rotatable bonds is 5. The van der Waals surface area contributed by atoms with E-state index in [2.05, 4.69) is 0 Å². The molecule has 2 saturated carbocycles. The molecule has 2 aromatic carbocycles. The molecule has 0 amide bonds. The normalized spacial score (nSPS) is 28.7. The maximum atomic E-state index is 13.5. The molecular formula is C36H38O14. The van der Waals surface area contributed by atoms with Gasteiger partial charge in [0, 0.05) is 24.0 Å². The van der Waals surface area contributed by atoms with Gasteiger partial charge in [0.1, 0.15) is 57.9 Å². The molecule has 6 N–H and O–H groups in total. The molecule has 6 unspecified atom stereocenters. The van der Waals surface area contributed by atoms with Crippen molar-refractivity contribution < 1.29 is 68.8 Å². The summed E-state index contributed by atoms with van der Waals surface area (Å²) in [5.41, 5.74) is -7.26. The van der Waals surface area contributed by atoms with Gasteiger partial charge in [0.2, 0.25) is 0 Å². The Kier molecular flexibility index (Phi) is 8.18. The molecule has 2 fully saturated rings. The highest BCUT2D eigenvalue weighted by Gasteiger charge is 2.65. The van der Waals surface area contributed by atoms with Crippen LogP contribution < -0.4 is 9.47 Å². The zero-order valence-electron chi connectivity index (χ0n) is 28.1. The van der Waals surface area contributed by atoms with E-state index in [9.17, 15) is 49.8 Å². The fourth-order valence-corrected chi connectivity index (χ4v) is 7.30. The molecule has 0 spiro atoms. The number of esters is 2. The summed E-state index contributed by atoms with van der Waals surface area (Å²) >= 11 is 0. The van der Waals surface area contributed by atoms with E-state index in [1.807, 2.05) is 0 Å². The second-order valence-electron chi connectivity index (χ2n) is 13.8. The van der Waals surface area contributed by atoms with Gasteiger partial charge in [-0.25, -0.2) is 9.59 Å². The molecule has 6 rings (SSSR count). The molecule has 6 atom stereocenters. The average Bonchev–Trinajstić information content (AvgIpc) is 3.01. The van der Waals surface area contributed by atoms with Crippen LogP contribution in [0.2, 0.25) is 0 Å². The topological polar surface area (TPSA) is 227 Å². The average molecular weight is 695 g/mol. The van der Waals surface area contributed by atoms with Gasteiger partial charge in [-0.05, 0) is 63.8 Å². The van der Waals surface area contributed by atoms with Gasteiger partial charge < -0.3 is 49.6 Å². The van der Waals surface area contributed by atoms with Gasteiger partial charge in [0.05, 0.1) is 23.4 Å². The second-order valence-corrected chi connectivity index (χ2v) is 13.8. The first-order valence-electron chi connectivity index (χ1n) is 16.2. The third-order valence-corrected chi connectivity index (χ3v) is 9.58. The monoisotopic (exact) mass is 694 g/mol. The van der Waals surface area contributed by atoms with Gasteiger partial charge in [-0.15, -0.1) is 0 Å². The van der Waals surface area contributed by atoms with E-state index >= 15 is 0 Å². The van der Waals surface area contributed by atoms with Gasteiger partial charge >= 0.3 is 11.9 Å². The lowest BCUT2D eigenvalue weighted by molar-refractivity contribution is -0.180. The summed E-state index contributed by atoms with van der Waals surface area (Å²) in [7, 11) is 0. The minimum Gasteiger partial charge on any atom is -0.506 e. The highest BCUT2D eigenvalue weighted by Crippen LogP contribution is 2.56. The number of aliphatic hydroxyl groups excluding tert-OH is 4. The highest BCUT2D eigenvalue weighted by molar-refractivity contribution is 6.14. The summed E-state index contributed by atoms with van der Waals surface area (Å²) in [5, 5.41) is 68.7. The summed E-state index contributed by atoms with van der Waals surface area (Å²) in [6, 6.07) is 4.99. The van der Waals surface area contributed by atoms with Crippen LogP contribution in [0.25, 0.3) is 22.6 Å². The number of benzene rings is 2. The molecule has 50 heavy (non-hydrogen) atoms. The molecule has 2 aliphatic heterocycles. The summed E-state index contributed by atoms with van der Waals surface area (Å²) in [5.74, 6) is -8.93. The lowest BCUT2D eigenvalue weighted by Gasteiger charge is -2.46. The summed E-state index contributed by atoms with van der Waals surface area (Å²) in [6.07, 6.45) is -5.10. The Balaban J connectivity index is 1.52. The predicted molar refractivity (Wildman–Crippen MR) is 173 cm³/mol. The van der Waals surface area contributed by atoms with Crippen molar-refractivity contribution in [3.63, 3.8) is 0 Å². The smallest absolute Gasteiger partial charge is 0.358 e. The van der Waals surface area contributed by atoms with Crippen molar-refractivity contribution in [2.24, 2.45) is 11.8 Å². The van der Waals surface area contributed by atoms with Crippen LogP contribution in [0.3, 0.4) is 0 Å². The Morgan fingerprint density at radius 3 is 1.34 bits per heavy atom. The molecule has 266 valence electrons. The van der Waals surface area contributed by atoms with E-state index in [0.717, 1.165) is 0 Å². The lowest BCUT2D eigenvalue weighted by Crippen LogP contribution is -2.64. The number of carbonyl (C=O) groups excluding carboxylic acids is 4. The first kappa shape index (κ1) is 34.8. The van der Waals surface area contributed by atoms with Crippen molar-refractivity contribution in [1.82, 2.24) is 0 Å². The van der Waals surface area contributed by atoms with Crippen molar-refractivity contribution in [3.8, 4) is 34.1 Å². The van der Waals surface area contributed by atoms with Crippen molar-refractivity contribution in [2.45, 2.75) is 90.0 Å². The third-order valence-electron chi connectivity index (χ3n) is 9.58. The van der Waals surface area contributed by atoms with Crippen LogP contribution in [0.4, 0.5) is 0 Å². The third kappa shape index (κ3) is 4.68. The van der Waals surface area contributed by atoms with Crippen molar-refractivity contribution in [3.05, 3.63) is 46.5 Å². The van der Waals surface area contributed by atoms with E-state index in [4.69, 9.17) is 18.9 Å². The number of ketones is 2. The van der Waals surface area contributed by atoms with Gasteiger partial charge in [-0.3, -0.25) is 9.59 Å².